The van der Waals surface area contributed by atoms with Crippen molar-refractivity contribution in [1.29, 1.82) is 0 Å². The quantitative estimate of drug-likeness (QED) is 0.909. The van der Waals surface area contributed by atoms with E-state index in [1.165, 1.54) is 0 Å². The Morgan fingerprint density at radius 2 is 2.00 bits per heavy atom. The van der Waals surface area contributed by atoms with Crippen molar-refractivity contribution in [3.8, 4) is 5.75 Å². The summed E-state index contributed by atoms with van der Waals surface area (Å²) in [5.74, 6) is 0.757. The molecule has 2 N–H and O–H groups in total. The summed E-state index contributed by atoms with van der Waals surface area (Å²) in [5.41, 5.74) is 7.95. The number of ether oxygens (including phenoxy) is 1. The Hall–Kier alpha value is -1.58. The molecule has 88 valence electrons. The lowest BCUT2D eigenvalue weighted by Crippen LogP contribution is -2.13. The maximum Gasteiger partial charge on any atom is 0.123 e. The van der Waals surface area contributed by atoms with E-state index in [0.29, 0.717) is 5.02 Å². The maximum atomic E-state index is 6.20. The van der Waals surface area contributed by atoms with Crippen molar-refractivity contribution in [3.05, 3.63) is 58.9 Å². The summed E-state index contributed by atoms with van der Waals surface area (Å²) in [6.45, 7) is 0. The van der Waals surface area contributed by atoms with E-state index in [2.05, 4.69) is 4.98 Å². The molecule has 0 saturated heterocycles. The van der Waals surface area contributed by atoms with Crippen LogP contribution >= 0.6 is 11.6 Å². The number of nitrogens with zero attached hydrogens (tertiary/aromatic N) is 1. The highest BCUT2D eigenvalue weighted by Gasteiger charge is 2.15. The summed E-state index contributed by atoms with van der Waals surface area (Å²) in [7, 11) is 1.62. The van der Waals surface area contributed by atoms with Crippen LogP contribution < -0.4 is 10.5 Å². The number of pyridine rings is 1. The molecule has 1 aromatic carbocycles. The average Bonchev–Trinajstić information content (AvgIpc) is 2.38. The maximum absolute atomic E-state index is 6.20. The Labute approximate surface area is 105 Å². The zero-order valence-electron chi connectivity index (χ0n) is 9.43. The van der Waals surface area contributed by atoms with Gasteiger partial charge >= 0.3 is 0 Å². The molecule has 17 heavy (non-hydrogen) atoms. The van der Waals surface area contributed by atoms with Gasteiger partial charge in [0.25, 0.3) is 0 Å². The van der Waals surface area contributed by atoms with E-state index < -0.39 is 0 Å². The zero-order chi connectivity index (χ0) is 12.3. The molecule has 0 aliphatic carbocycles. The number of para-hydroxylation sites is 1. The largest absolute Gasteiger partial charge is 0.496 e. The Bertz CT molecular complexity index is 516. The summed E-state index contributed by atoms with van der Waals surface area (Å²) in [6, 6.07) is 9.14. The Kier molecular flexibility index (Phi) is 3.61. The summed E-state index contributed by atoms with van der Waals surface area (Å²) in [5, 5.41) is 0.561. The van der Waals surface area contributed by atoms with Gasteiger partial charge in [-0.15, -0.1) is 0 Å². The van der Waals surface area contributed by atoms with Crippen molar-refractivity contribution in [1.82, 2.24) is 4.98 Å². The van der Waals surface area contributed by atoms with Crippen LogP contribution in [0.25, 0.3) is 0 Å². The second-order valence-corrected chi connectivity index (χ2v) is 4.02. The molecule has 0 bridgehead atoms. The minimum Gasteiger partial charge on any atom is -0.496 e. The van der Waals surface area contributed by atoms with Gasteiger partial charge in [0, 0.05) is 18.0 Å². The van der Waals surface area contributed by atoms with Gasteiger partial charge in [-0.05, 0) is 17.7 Å². The van der Waals surface area contributed by atoms with Gasteiger partial charge in [-0.2, -0.15) is 0 Å². The molecular formula is C13H13ClN2O. The average molecular weight is 249 g/mol. The second-order valence-electron chi connectivity index (χ2n) is 3.62. The number of aromatic nitrogens is 1. The van der Waals surface area contributed by atoms with Gasteiger partial charge in [-0.25, -0.2) is 0 Å². The normalized spacial score (nSPS) is 12.2. The van der Waals surface area contributed by atoms with Crippen LogP contribution in [0, 0.1) is 0 Å². The summed E-state index contributed by atoms with van der Waals surface area (Å²) < 4.78 is 5.29. The standard InChI is InChI=1S/C13H13ClN2O/c1-17-12-5-3-2-4-10(12)13(15)9-6-7-16-8-11(9)14/h2-8,13H,15H2,1H3. The number of nitrogens with two attached hydrogens (primary N) is 1. The van der Waals surface area contributed by atoms with Crippen molar-refractivity contribution in [3.63, 3.8) is 0 Å². The first-order valence-corrected chi connectivity index (χ1v) is 5.59. The van der Waals surface area contributed by atoms with Crippen LogP contribution in [-0.4, -0.2) is 12.1 Å². The first kappa shape index (κ1) is 11.9. The topological polar surface area (TPSA) is 48.1 Å². The zero-order valence-corrected chi connectivity index (χ0v) is 10.2. The van der Waals surface area contributed by atoms with Crippen LogP contribution in [0.15, 0.2) is 42.7 Å². The number of hydrogen-bond acceptors (Lipinski definition) is 3. The molecule has 2 aromatic rings. The van der Waals surface area contributed by atoms with E-state index in [0.717, 1.165) is 16.9 Å². The van der Waals surface area contributed by atoms with Crippen LogP contribution in [0.2, 0.25) is 5.02 Å². The molecule has 0 spiro atoms. The fraction of sp³-hybridized carbons (Fsp3) is 0.154. The molecule has 0 radical (unpaired) electrons. The second kappa shape index (κ2) is 5.17. The Balaban J connectivity index is 2.44. The number of rotatable bonds is 3. The summed E-state index contributed by atoms with van der Waals surface area (Å²) >= 11 is 6.08. The van der Waals surface area contributed by atoms with E-state index in [-0.39, 0.29) is 6.04 Å². The van der Waals surface area contributed by atoms with Gasteiger partial charge in [-0.1, -0.05) is 29.8 Å². The third-order valence-electron chi connectivity index (χ3n) is 2.61. The fourth-order valence-corrected chi connectivity index (χ4v) is 1.97. The smallest absolute Gasteiger partial charge is 0.123 e. The van der Waals surface area contributed by atoms with Gasteiger partial charge in [0.2, 0.25) is 0 Å². The van der Waals surface area contributed by atoms with Gasteiger partial charge in [0.1, 0.15) is 5.75 Å². The molecule has 0 saturated carbocycles. The highest BCUT2D eigenvalue weighted by Crippen LogP contribution is 2.30. The van der Waals surface area contributed by atoms with Crippen molar-refractivity contribution < 1.29 is 4.74 Å². The van der Waals surface area contributed by atoms with Crippen LogP contribution in [0.5, 0.6) is 5.75 Å². The number of halogens is 1. The first-order valence-electron chi connectivity index (χ1n) is 5.22. The van der Waals surface area contributed by atoms with E-state index in [9.17, 15) is 0 Å². The summed E-state index contributed by atoms with van der Waals surface area (Å²) in [6.07, 6.45) is 3.27. The highest BCUT2D eigenvalue weighted by atomic mass is 35.5. The first-order chi connectivity index (χ1) is 8.24. The Morgan fingerprint density at radius 1 is 1.24 bits per heavy atom. The van der Waals surface area contributed by atoms with Crippen molar-refractivity contribution in [2.45, 2.75) is 6.04 Å². The predicted octanol–water partition coefficient (Wildman–Crippen LogP) is 2.79. The molecule has 1 heterocycles. The molecular weight excluding hydrogens is 236 g/mol. The van der Waals surface area contributed by atoms with Crippen LogP contribution in [0.3, 0.4) is 0 Å². The third kappa shape index (κ3) is 2.40. The van der Waals surface area contributed by atoms with E-state index >= 15 is 0 Å². The van der Waals surface area contributed by atoms with E-state index in [1.54, 1.807) is 19.5 Å². The number of hydrogen-bond donors (Lipinski definition) is 1. The number of benzene rings is 1. The molecule has 1 atom stereocenters. The van der Waals surface area contributed by atoms with Gasteiger partial charge in [0.05, 0.1) is 18.2 Å². The molecule has 0 aliphatic rings. The minimum absolute atomic E-state index is 0.318. The molecule has 0 amide bonds. The lowest BCUT2D eigenvalue weighted by Gasteiger charge is -2.16. The monoisotopic (exact) mass is 248 g/mol. The molecule has 4 heteroatoms. The lowest BCUT2D eigenvalue weighted by molar-refractivity contribution is 0.408. The molecule has 0 fully saturated rings. The van der Waals surface area contributed by atoms with Crippen molar-refractivity contribution in [2.24, 2.45) is 5.73 Å². The predicted molar refractivity (Wildman–Crippen MR) is 68.3 cm³/mol. The molecule has 1 unspecified atom stereocenters. The van der Waals surface area contributed by atoms with Crippen molar-refractivity contribution >= 4 is 11.6 Å². The van der Waals surface area contributed by atoms with Gasteiger partial charge in [0.15, 0.2) is 0 Å². The van der Waals surface area contributed by atoms with Gasteiger partial charge in [-0.3, -0.25) is 4.98 Å². The Morgan fingerprint density at radius 3 is 2.71 bits per heavy atom. The fourth-order valence-electron chi connectivity index (χ4n) is 1.73. The SMILES string of the molecule is COc1ccccc1C(N)c1ccncc1Cl. The van der Waals surface area contributed by atoms with Crippen LogP contribution in [0.4, 0.5) is 0 Å². The highest BCUT2D eigenvalue weighted by molar-refractivity contribution is 6.31. The van der Waals surface area contributed by atoms with Gasteiger partial charge < -0.3 is 10.5 Å². The van der Waals surface area contributed by atoms with Crippen LogP contribution in [0.1, 0.15) is 17.2 Å². The van der Waals surface area contributed by atoms with E-state index in [4.69, 9.17) is 22.1 Å². The number of methoxy groups -OCH3 is 1. The lowest BCUT2D eigenvalue weighted by atomic mass is 10.00. The molecule has 3 nitrogen and oxygen atoms in total. The molecule has 1 aromatic heterocycles. The van der Waals surface area contributed by atoms with Crippen LogP contribution in [-0.2, 0) is 0 Å². The summed E-state index contributed by atoms with van der Waals surface area (Å²) in [4.78, 5) is 3.94. The molecule has 0 aliphatic heterocycles. The molecule has 2 rings (SSSR count). The third-order valence-corrected chi connectivity index (χ3v) is 2.93. The minimum atomic E-state index is -0.318. The van der Waals surface area contributed by atoms with Crippen molar-refractivity contribution in [2.75, 3.05) is 7.11 Å². The van der Waals surface area contributed by atoms with E-state index in [1.807, 2.05) is 30.3 Å².